The molecule has 2 unspecified atom stereocenters. The Hall–Kier alpha value is -0.820. The molecule has 0 spiro atoms. The maximum absolute atomic E-state index is 3.77. The van der Waals surface area contributed by atoms with Crippen LogP contribution in [-0.2, 0) is 6.42 Å². The normalized spacial score (nSPS) is 23.5. The Balaban J connectivity index is 2.11. The highest BCUT2D eigenvalue weighted by atomic mass is 14.9. The molecule has 1 N–H and O–H groups in total. The minimum atomic E-state index is 0.482. The summed E-state index contributed by atoms with van der Waals surface area (Å²) in [5, 5.41) is 3.77. The van der Waals surface area contributed by atoms with Crippen molar-refractivity contribution >= 4 is 0 Å². The van der Waals surface area contributed by atoms with Crippen LogP contribution in [0, 0.1) is 18.3 Å². The first-order valence-corrected chi connectivity index (χ1v) is 8.32. The van der Waals surface area contributed by atoms with Crippen LogP contribution in [0.1, 0.15) is 57.6 Å². The molecule has 0 bridgehead atoms. The van der Waals surface area contributed by atoms with Crippen LogP contribution in [0.3, 0.4) is 0 Å². The molecule has 0 heterocycles. The number of benzene rings is 1. The second-order valence-corrected chi connectivity index (χ2v) is 7.19. The number of nitrogens with one attached hydrogen (secondary N) is 1. The number of rotatable bonds is 5. The molecule has 2 rings (SSSR count). The van der Waals surface area contributed by atoms with E-state index in [0.29, 0.717) is 11.5 Å². The summed E-state index contributed by atoms with van der Waals surface area (Å²) in [6.45, 7) is 10.4. The van der Waals surface area contributed by atoms with Crippen molar-refractivity contribution < 1.29 is 0 Å². The molecule has 0 saturated heterocycles. The van der Waals surface area contributed by atoms with Crippen molar-refractivity contribution in [1.29, 1.82) is 0 Å². The van der Waals surface area contributed by atoms with Gasteiger partial charge in [-0.3, -0.25) is 0 Å². The molecule has 1 aliphatic carbocycles. The fourth-order valence-electron chi connectivity index (χ4n) is 3.86. The maximum atomic E-state index is 3.77. The minimum Gasteiger partial charge on any atom is -0.314 e. The average molecular weight is 273 g/mol. The Morgan fingerprint density at radius 2 is 1.90 bits per heavy atom. The molecule has 1 fully saturated rings. The fourth-order valence-corrected chi connectivity index (χ4v) is 3.86. The molecule has 0 amide bonds. The van der Waals surface area contributed by atoms with Gasteiger partial charge in [0.1, 0.15) is 0 Å². The van der Waals surface area contributed by atoms with Crippen LogP contribution in [-0.4, -0.2) is 12.6 Å². The molecule has 1 nitrogen and oxygen atoms in total. The summed E-state index contributed by atoms with van der Waals surface area (Å²) in [6, 6.07) is 9.71. The second-order valence-electron chi connectivity index (χ2n) is 7.19. The van der Waals surface area contributed by atoms with Crippen LogP contribution in [0.25, 0.3) is 0 Å². The molecule has 112 valence electrons. The van der Waals surface area contributed by atoms with Gasteiger partial charge >= 0.3 is 0 Å². The van der Waals surface area contributed by atoms with E-state index in [1.807, 2.05) is 0 Å². The minimum absolute atomic E-state index is 0.482. The van der Waals surface area contributed by atoms with Crippen molar-refractivity contribution in [3.63, 3.8) is 0 Å². The van der Waals surface area contributed by atoms with E-state index in [0.717, 1.165) is 12.5 Å². The van der Waals surface area contributed by atoms with E-state index in [9.17, 15) is 0 Å². The standard InChI is InChI=1S/C19H31N/c1-5-20-18(14-16-11-9-15(2)10-12-16)17-8-6-7-13-19(17,3)4/h9-12,17-18,20H,5-8,13-14H2,1-4H3. The molecular formula is C19H31N. The topological polar surface area (TPSA) is 12.0 Å². The van der Waals surface area contributed by atoms with Crippen molar-refractivity contribution in [1.82, 2.24) is 5.32 Å². The van der Waals surface area contributed by atoms with Crippen LogP contribution >= 0.6 is 0 Å². The highest BCUT2D eigenvalue weighted by molar-refractivity contribution is 5.22. The van der Waals surface area contributed by atoms with Gasteiger partial charge in [-0.05, 0) is 49.6 Å². The van der Waals surface area contributed by atoms with Crippen molar-refractivity contribution in [3.05, 3.63) is 35.4 Å². The van der Waals surface area contributed by atoms with E-state index in [1.165, 1.54) is 43.2 Å². The van der Waals surface area contributed by atoms with Gasteiger partial charge in [-0.25, -0.2) is 0 Å². The Morgan fingerprint density at radius 1 is 1.20 bits per heavy atom. The Bertz CT molecular complexity index is 404. The van der Waals surface area contributed by atoms with E-state index in [1.54, 1.807) is 0 Å². The lowest BCUT2D eigenvalue weighted by atomic mass is 9.65. The van der Waals surface area contributed by atoms with E-state index in [-0.39, 0.29) is 0 Å². The first-order chi connectivity index (χ1) is 9.53. The van der Waals surface area contributed by atoms with Gasteiger partial charge in [0.25, 0.3) is 0 Å². The SMILES string of the molecule is CCNC(Cc1ccc(C)cc1)C1CCCCC1(C)C. The number of likely N-dealkylation sites (N-methyl/N-ethyl adjacent to an activating group) is 1. The van der Waals surface area contributed by atoms with E-state index in [4.69, 9.17) is 0 Å². The Morgan fingerprint density at radius 3 is 2.50 bits per heavy atom. The van der Waals surface area contributed by atoms with Gasteiger partial charge in [0.2, 0.25) is 0 Å². The summed E-state index contributed by atoms with van der Waals surface area (Å²) in [5.74, 6) is 0.803. The van der Waals surface area contributed by atoms with Crippen LogP contribution < -0.4 is 5.32 Å². The predicted molar refractivity (Wildman–Crippen MR) is 88.1 cm³/mol. The van der Waals surface area contributed by atoms with Crippen molar-refractivity contribution in [2.75, 3.05) is 6.54 Å². The molecule has 20 heavy (non-hydrogen) atoms. The molecule has 1 aromatic rings. The lowest BCUT2D eigenvalue weighted by Crippen LogP contribution is -2.46. The van der Waals surface area contributed by atoms with Gasteiger partial charge in [0, 0.05) is 6.04 Å². The lowest BCUT2D eigenvalue weighted by Gasteiger charge is -2.43. The van der Waals surface area contributed by atoms with Crippen LogP contribution in [0.15, 0.2) is 24.3 Å². The Kier molecular flexibility index (Phi) is 5.26. The monoisotopic (exact) mass is 273 g/mol. The number of aryl methyl sites for hydroxylation is 1. The first-order valence-electron chi connectivity index (χ1n) is 8.32. The third-order valence-corrected chi connectivity index (χ3v) is 5.12. The zero-order chi connectivity index (χ0) is 14.6. The summed E-state index contributed by atoms with van der Waals surface area (Å²) in [5.41, 5.74) is 3.31. The molecule has 0 radical (unpaired) electrons. The molecular weight excluding hydrogens is 242 g/mol. The van der Waals surface area contributed by atoms with Gasteiger partial charge in [0.15, 0.2) is 0 Å². The van der Waals surface area contributed by atoms with Gasteiger partial charge in [-0.15, -0.1) is 0 Å². The molecule has 1 aliphatic rings. The van der Waals surface area contributed by atoms with Crippen molar-refractivity contribution in [2.45, 2.75) is 65.8 Å². The predicted octanol–water partition coefficient (Wildman–Crippen LogP) is 4.73. The quantitative estimate of drug-likeness (QED) is 0.817. The number of hydrogen-bond acceptors (Lipinski definition) is 1. The van der Waals surface area contributed by atoms with Crippen LogP contribution in [0.4, 0.5) is 0 Å². The van der Waals surface area contributed by atoms with Gasteiger partial charge in [-0.1, -0.05) is 63.4 Å². The first kappa shape index (κ1) is 15.6. The van der Waals surface area contributed by atoms with E-state index < -0.39 is 0 Å². The molecule has 0 aliphatic heterocycles. The summed E-state index contributed by atoms with van der Waals surface area (Å²) < 4.78 is 0. The summed E-state index contributed by atoms with van der Waals surface area (Å²) in [7, 11) is 0. The van der Waals surface area contributed by atoms with Gasteiger partial charge in [-0.2, -0.15) is 0 Å². The van der Waals surface area contributed by atoms with E-state index >= 15 is 0 Å². The third kappa shape index (κ3) is 3.85. The van der Waals surface area contributed by atoms with Gasteiger partial charge in [0.05, 0.1) is 0 Å². The highest BCUT2D eigenvalue weighted by Crippen LogP contribution is 2.42. The highest BCUT2D eigenvalue weighted by Gasteiger charge is 2.37. The third-order valence-electron chi connectivity index (χ3n) is 5.12. The van der Waals surface area contributed by atoms with Gasteiger partial charge < -0.3 is 5.32 Å². The van der Waals surface area contributed by atoms with E-state index in [2.05, 4.69) is 57.3 Å². The molecule has 1 aromatic carbocycles. The zero-order valence-corrected chi connectivity index (χ0v) is 13.7. The molecule has 0 aromatic heterocycles. The lowest BCUT2D eigenvalue weighted by molar-refractivity contribution is 0.0988. The molecule has 1 saturated carbocycles. The van der Waals surface area contributed by atoms with Crippen molar-refractivity contribution in [2.24, 2.45) is 11.3 Å². The second kappa shape index (κ2) is 6.76. The summed E-state index contributed by atoms with van der Waals surface area (Å²) >= 11 is 0. The Labute approximate surface area is 125 Å². The van der Waals surface area contributed by atoms with Crippen LogP contribution in [0.2, 0.25) is 0 Å². The fraction of sp³-hybridized carbons (Fsp3) is 0.684. The molecule has 1 heteroatoms. The zero-order valence-electron chi connectivity index (χ0n) is 13.7. The number of hydrogen-bond donors (Lipinski definition) is 1. The smallest absolute Gasteiger partial charge is 0.0141 e. The molecule has 2 atom stereocenters. The summed E-state index contributed by atoms with van der Waals surface area (Å²) in [4.78, 5) is 0. The average Bonchev–Trinajstić information content (AvgIpc) is 2.40. The van der Waals surface area contributed by atoms with Crippen LogP contribution in [0.5, 0.6) is 0 Å². The maximum Gasteiger partial charge on any atom is 0.0141 e. The summed E-state index contributed by atoms with van der Waals surface area (Å²) in [6.07, 6.45) is 6.75. The van der Waals surface area contributed by atoms with Crippen molar-refractivity contribution in [3.8, 4) is 0 Å². The largest absolute Gasteiger partial charge is 0.314 e.